The highest BCUT2D eigenvalue weighted by atomic mass is 31.2. The number of aromatic nitrogens is 3. The molecular weight excluding hydrogens is 766 g/mol. The fourth-order valence-corrected chi connectivity index (χ4v) is 8.15. The van der Waals surface area contributed by atoms with E-state index in [9.17, 15) is 34.6 Å². The Bertz CT molecular complexity index is 1820. The summed E-state index contributed by atoms with van der Waals surface area (Å²) in [6.07, 6.45) is 18.5. The van der Waals surface area contributed by atoms with E-state index in [1.165, 1.54) is 113 Å². The molecule has 6 atom stereocenters. The first kappa shape index (κ1) is 47.2. The second kappa shape index (κ2) is 24.6. The van der Waals surface area contributed by atoms with E-state index >= 15 is 0 Å². The van der Waals surface area contributed by atoms with E-state index in [1.54, 1.807) is 18.2 Å². The van der Waals surface area contributed by atoms with Gasteiger partial charge >= 0.3 is 7.82 Å². The van der Waals surface area contributed by atoms with Crippen molar-refractivity contribution in [2.24, 2.45) is 0 Å². The van der Waals surface area contributed by atoms with E-state index < -0.39 is 50.3 Å². The van der Waals surface area contributed by atoms with Crippen LogP contribution in [0.25, 0.3) is 5.52 Å². The molecule has 1 aliphatic heterocycles. The summed E-state index contributed by atoms with van der Waals surface area (Å²) in [5, 5.41) is 45.2. The quantitative estimate of drug-likeness (QED) is 0.0381. The van der Waals surface area contributed by atoms with Crippen molar-refractivity contribution < 1.29 is 42.6 Å². The third-order valence-corrected chi connectivity index (χ3v) is 11.7. The molecule has 3 aromatic rings. The van der Waals surface area contributed by atoms with Gasteiger partial charge in [-0.15, -0.1) is 0 Å². The summed E-state index contributed by atoms with van der Waals surface area (Å²) in [7, 11) is -4.87. The van der Waals surface area contributed by atoms with Gasteiger partial charge in [0.1, 0.15) is 48.6 Å². The molecule has 5 N–H and O–H groups in total. The maximum atomic E-state index is 14.1. The van der Waals surface area contributed by atoms with Crippen molar-refractivity contribution >= 4 is 19.2 Å². The van der Waals surface area contributed by atoms with Crippen LogP contribution in [0.1, 0.15) is 152 Å². The third-order valence-electron chi connectivity index (χ3n) is 10.8. The Kier molecular flexibility index (Phi) is 20.0. The Morgan fingerprint density at radius 1 is 0.931 bits per heavy atom. The van der Waals surface area contributed by atoms with Crippen molar-refractivity contribution in [2.75, 3.05) is 18.9 Å². The highest BCUT2D eigenvalue weighted by molar-refractivity contribution is 7.47. The number of aliphatic hydroxyl groups excluding tert-OH is 2. The van der Waals surface area contributed by atoms with Crippen LogP contribution in [0.4, 0.5) is 10.2 Å². The number of unbranched alkanes of at least 4 members (excludes halogenated alkanes) is 17. The van der Waals surface area contributed by atoms with Crippen molar-refractivity contribution in [3.8, 4) is 12.1 Å². The van der Waals surface area contributed by atoms with Gasteiger partial charge < -0.3 is 30.3 Å². The van der Waals surface area contributed by atoms with Crippen LogP contribution in [0, 0.1) is 28.5 Å². The Hall–Kier alpha value is -3.50. The topological polar surface area (TPSA) is 218 Å². The van der Waals surface area contributed by atoms with Crippen LogP contribution >= 0.6 is 7.82 Å². The number of anilines is 1. The monoisotopic (exact) mass is 828 g/mol. The van der Waals surface area contributed by atoms with E-state index in [-0.39, 0.29) is 30.3 Å². The number of nitrogens with two attached hydrogens (primary N) is 1. The van der Waals surface area contributed by atoms with Gasteiger partial charge in [-0.05, 0) is 42.3 Å². The van der Waals surface area contributed by atoms with Gasteiger partial charge in [-0.2, -0.15) is 15.6 Å². The molecule has 1 aliphatic rings. The molecule has 0 aliphatic carbocycles. The average molecular weight is 829 g/mol. The number of fused-ring (bicyclic) bond motifs is 1. The second-order valence-corrected chi connectivity index (χ2v) is 16.9. The molecule has 0 spiro atoms. The smallest absolute Gasteiger partial charge is 0.387 e. The molecule has 16 heteroatoms. The number of hydrogen-bond donors (Lipinski definition) is 4. The zero-order chi connectivity index (χ0) is 41.8. The van der Waals surface area contributed by atoms with Crippen LogP contribution in [0.2, 0.25) is 0 Å². The molecule has 320 valence electrons. The van der Waals surface area contributed by atoms with Gasteiger partial charge in [-0.1, -0.05) is 122 Å². The van der Waals surface area contributed by atoms with Crippen molar-refractivity contribution in [1.29, 1.82) is 10.5 Å². The Balaban J connectivity index is 1.21. The molecule has 2 unspecified atom stereocenters. The largest absolute Gasteiger partial charge is 0.472 e. The van der Waals surface area contributed by atoms with Crippen LogP contribution in [0.3, 0.4) is 0 Å². The molecule has 3 heterocycles. The SMILES string of the molecule is CCCCCCCCCCCCCCCCCCCC[C@@H](COP(=O)(O)OC[C@@]1(C#N)OC(c2ccc3c(N)ncnn23)[C@H](O)[C@@H]1O)OCc1cc(F)cc(C#N)c1. The molecule has 0 amide bonds. The molecule has 0 saturated carbocycles. The van der Waals surface area contributed by atoms with Gasteiger partial charge in [-0.25, -0.2) is 18.5 Å². The van der Waals surface area contributed by atoms with Crippen LogP contribution in [-0.2, 0) is 29.7 Å². The van der Waals surface area contributed by atoms with Crippen LogP contribution in [-0.4, -0.2) is 66.8 Å². The van der Waals surface area contributed by atoms with Crippen LogP contribution in [0.5, 0.6) is 0 Å². The fraction of sp³-hybridized carbons (Fsp3) is 0.667. The van der Waals surface area contributed by atoms with Gasteiger partial charge in [-0.3, -0.25) is 9.05 Å². The summed E-state index contributed by atoms with van der Waals surface area (Å²) in [6, 6.07) is 10.7. The Morgan fingerprint density at radius 2 is 1.53 bits per heavy atom. The highest BCUT2D eigenvalue weighted by Crippen LogP contribution is 2.48. The lowest BCUT2D eigenvalue weighted by molar-refractivity contribution is -0.0763. The minimum Gasteiger partial charge on any atom is -0.387 e. The third kappa shape index (κ3) is 14.6. The number of phosphoric ester groups is 1. The van der Waals surface area contributed by atoms with Gasteiger partial charge in [0.05, 0.1) is 36.6 Å². The predicted molar refractivity (Wildman–Crippen MR) is 216 cm³/mol. The molecule has 2 aromatic heterocycles. The van der Waals surface area contributed by atoms with E-state index in [0.29, 0.717) is 17.5 Å². The van der Waals surface area contributed by atoms with E-state index in [4.69, 9.17) is 24.3 Å². The number of aliphatic hydroxyl groups is 2. The van der Waals surface area contributed by atoms with Gasteiger partial charge in [0.15, 0.2) is 5.82 Å². The number of rotatable bonds is 29. The summed E-state index contributed by atoms with van der Waals surface area (Å²) in [5.41, 5.74) is 4.89. The van der Waals surface area contributed by atoms with Crippen LogP contribution in [0.15, 0.2) is 36.7 Å². The van der Waals surface area contributed by atoms with Gasteiger partial charge in [0.25, 0.3) is 0 Å². The lowest BCUT2D eigenvalue weighted by atomic mass is 9.96. The minimum absolute atomic E-state index is 0.0715. The van der Waals surface area contributed by atoms with Crippen molar-refractivity contribution in [3.63, 3.8) is 0 Å². The van der Waals surface area contributed by atoms with E-state index in [2.05, 4.69) is 17.0 Å². The first-order valence-electron chi connectivity index (χ1n) is 21.0. The number of phosphoric acid groups is 1. The molecule has 1 aromatic carbocycles. The summed E-state index contributed by atoms with van der Waals surface area (Å²) in [5.74, 6) is -0.423. The lowest BCUT2D eigenvalue weighted by Crippen LogP contribution is -2.45. The summed E-state index contributed by atoms with van der Waals surface area (Å²) in [6.45, 7) is 0.887. The molecule has 1 saturated heterocycles. The summed E-state index contributed by atoms with van der Waals surface area (Å²) >= 11 is 0. The molecule has 4 rings (SSSR count). The number of halogens is 1. The molecule has 58 heavy (non-hydrogen) atoms. The van der Waals surface area contributed by atoms with Crippen molar-refractivity contribution in [3.05, 3.63) is 59.3 Å². The molecule has 0 bridgehead atoms. The number of nitrogen functional groups attached to an aromatic ring is 1. The summed E-state index contributed by atoms with van der Waals surface area (Å²) in [4.78, 5) is 14.6. The first-order valence-corrected chi connectivity index (χ1v) is 22.5. The molecule has 14 nitrogen and oxygen atoms in total. The van der Waals surface area contributed by atoms with E-state index in [1.807, 2.05) is 6.07 Å². The van der Waals surface area contributed by atoms with Crippen LogP contribution < -0.4 is 5.73 Å². The minimum atomic E-state index is -4.87. The first-order chi connectivity index (χ1) is 28.0. The van der Waals surface area contributed by atoms with Gasteiger partial charge in [0.2, 0.25) is 5.60 Å². The number of benzene rings is 1. The predicted octanol–water partition coefficient (Wildman–Crippen LogP) is 8.53. The number of ether oxygens (including phenoxy) is 2. The normalized spacial score (nSPS) is 20.8. The average Bonchev–Trinajstić information content (AvgIpc) is 3.76. The lowest BCUT2D eigenvalue weighted by Gasteiger charge is -2.26. The Morgan fingerprint density at radius 3 is 2.12 bits per heavy atom. The van der Waals surface area contributed by atoms with Crippen molar-refractivity contribution in [2.45, 2.75) is 166 Å². The zero-order valence-corrected chi connectivity index (χ0v) is 34.7. The van der Waals surface area contributed by atoms with E-state index in [0.717, 1.165) is 31.7 Å². The summed E-state index contributed by atoms with van der Waals surface area (Å²) < 4.78 is 50.9. The molecule has 1 fully saturated rings. The second-order valence-electron chi connectivity index (χ2n) is 15.4. The maximum absolute atomic E-state index is 14.1. The molecular formula is C42H62FN6O8P. The highest BCUT2D eigenvalue weighted by Gasteiger charge is 2.57. The number of nitriles is 2. The zero-order valence-electron chi connectivity index (χ0n) is 33.9. The number of hydrogen-bond acceptors (Lipinski definition) is 12. The Labute approximate surface area is 342 Å². The van der Waals surface area contributed by atoms with Gasteiger partial charge in [0, 0.05) is 0 Å². The fourth-order valence-electron chi connectivity index (χ4n) is 7.37. The molecule has 0 radical (unpaired) electrons. The number of nitrogens with zero attached hydrogens (tertiary/aromatic N) is 5. The standard InChI is InChI=1S/C42H62FN6O8P/c1-2-3-4-5-6-7-8-9-10-11-12-13-14-15-16-17-18-19-20-35(54-27-33-23-32(26-44)24-34(43)25-33)28-55-58(52,53)56-30-42(29-45)40(51)38(50)39(57-42)36-21-22-37-41(46)47-31-48-49(36)37/h21-25,31,35,38-40,50-51H,2-20,27-28,30H2,1H3,(H,52,53)(H2,46,47,48)/t35-,38-,39?,40-,42+/m0/s1. The van der Waals surface area contributed by atoms with Crippen molar-refractivity contribution in [1.82, 2.24) is 14.6 Å². The maximum Gasteiger partial charge on any atom is 0.472 e.